The molecule has 102 valence electrons. The van der Waals surface area contributed by atoms with Crippen LogP contribution in [-0.4, -0.2) is 29.8 Å². The molecular formula is C14H18ClN3O. The first-order valence-corrected chi connectivity index (χ1v) is 6.55. The average molecular weight is 280 g/mol. The van der Waals surface area contributed by atoms with E-state index >= 15 is 0 Å². The van der Waals surface area contributed by atoms with Gasteiger partial charge in [0.2, 0.25) is 5.95 Å². The Hall–Kier alpha value is -1.52. The topological polar surface area (TPSA) is 39.1 Å². The van der Waals surface area contributed by atoms with E-state index in [2.05, 4.69) is 10.3 Å². The number of benzene rings is 1. The van der Waals surface area contributed by atoms with Crippen LogP contribution in [0.15, 0.2) is 24.4 Å². The summed E-state index contributed by atoms with van der Waals surface area (Å²) < 4.78 is 6.99. The second-order valence-electron chi connectivity index (χ2n) is 4.45. The summed E-state index contributed by atoms with van der Waals surface area (Å²) in [6.07, 6.45) is 1.96. The molecule has 0 aliphatic carbocycles. The standard InChI is InChI=1S/C14H18ClN3O/c1-10-4-5-13(12(15)8-10)18-9-11(2)17-14(18)16-6-7-19-3/h4-5,8-9H,6-7H2,1-3H3,(H,16,17). The van der Waals surface area contributed by atoms with Gasteiger partial charge in [0, 0.05) is 19.9 Å². The average Bonchev–Trinajstić information content (AvgIpc) is 2.71. The van der Waals surface area contributed by atoms with E-state index in [0.29, 0.717) is 18.2 Å². The highest BCUT2D eigenvalue weighted by molar-refractivity contribution is 6.32. The van der Waals surface area contributed by atoms with E-state index in [1.807, 2.05) is 42.8 Å². The van der Waals surface area contributed by atoms with Crippen LogP contribution in [0.1, 0.15) is 11.3 Å². The fourth-order valence-corrected chi connectivity index (χ4v) is 2.20. The van der Waals surface area contributed by atoms with E-state index in [1.54, 1.807) is 7.11 Å². The number of nitrogens with one attached hydrogen (secondary N) is 1. The zero-order valence-corrected chi connectivity index (χ0v) is 12.2. The molecule has 2 aromatic rings. The fraction of sp³-hybridized carbons (Fsp3) is 0.357. The first kappa shape index (κ1) is 13.9. The summed E-state index contributed by atoms with van der Waals surface area (Å²) in [7, 11) is 1.68. The fourth-order valence-electron chi connectivity index (χ4n) is 1.88. The quantitative estimate of drug-likeness (QED) is 0.855. The third-order valence-corrected chi connectivity index (χ3v) is 3.08. The van der Waals surface area contributed by atoms with Crippen molar-refractivity contribution in [3.8, 4) is 5.69 Å². The number of halogens is 1. The van der Waals surface area contributed by atoms with Crippen LogP contribution < -0.4 is 5.32 Å². The van der Waals surface area contributed by atoms with Gasteiger partial charge in [0.25, 0.3) is 0 Å². The molecule has 1 aromatic carbocycles. The van der Waals surface area contributed by atoms with Crippen molar-refractivity contribution in [1.29, 1.82) is 0 Å². The lowest BCUT2D eigenvalue weighted by Crippen LogP contribution is -2.11. The molecule has 19 heavy (non-hydrogen) atoms. The van der Waals surface area contributed by atoms with Gasteiger partial charge in [-0.2, -0.15) is 0 Å². The van der Waals surface area contributed by atoms with Crippen molar-refractivity contribution in [2.45, 2.75) is 13.8 Å². The first-order chi connectivity index (χ1) is 9.11. The first-order valence-electron chi connectivity index (χ1n) is 6.17. The lowest BCUT2D eigenvalue weighted by molar-refractivity contribution is 0.210. The number of methoxy groups -OCH3 is 1. The molecule has 1 heterocycles. The van der Waals surface area contributed by atoms with Gasteiger partial charge < -0.3 is 10.1 Å². The maximum Gasteiger partial charge on any atom is 0.207 e. The van der Waals surface area contributed by atoms with Crippen molar-refractivity contribution in [2.24, 2.45) is 0 Å². The Morgan fingerprint density at radius 3 is 2.84 bits per heavy atom. The van der Waals surface area contributed by atoms with Crippen molar-refractivity contribution >= 4 is 17.5 Å². The van der Waals surface area contributed by atoms with Gasteiger partial charge in [0.05, 0.1) is 23.0 Å². The monoisotopic (exact) mass is 279 g/mol. The number of aryl methyl sites for hydroxylation is 2. The molecule has 2 rings (SSSR count). The smallest absolute Gasteiger partial charge is 0.207 e. The van der Waals surface area contributed by atoms with Crippen LogP contribution in [-0.2, 0) is 4.74 Å². The van der Waals surface area contributed by atoms with Gasteiger partial charge in [-0.25, -0.2) is 4.98 Å². The molecule has 0 spiro atoms. The van der Waals surface area contributed by atoms with Crippen molar-refractivity contribution in [3.05, 3.63) is 40.7 Å². The van der Waals surface area contributed by atoms with Gasteiger partial charge in [-0.3, -0.25) is 4.57 Å². The highest BCUT2D eigenvalue weighted by Gasteiger charge is 2.10. The van der Waals surface area contributed by atoms with E-state index in [0.717, 1.165) is 22.9 Å². The van der Waals surface area contributed by atoms with E-state index in [1.165, 1.54) is 0 Å². The lowest BCUT2D eigenvalue weighted by Gasteiger charge is -2.11. The minimum atomic E-state index is 0.632. The normalized spacial score (nSPS) is 10.7. The Balaban J connectivity index is 2.32. The molecule has 4 nitrogen and oxygen atoms in total. The van der Waals surface area contributed by atoms with Gasteiger partial charge in [0.15, 0.2) is 0 Å². The summed E-state index contributed by atoms with van der Waals surface area (Å²) >= 11 is 6.31. The van der Waals surface area contributed by atoms with Gasteiger partial charge >= 0.3 is 0 Å². The van der Waals surface area contributed by atoms with E-state index in [9.17, 15) is 0 Å². The third kappa shape index (κ3) is 3.28. The van der Waals surface area contributed by atoms with Crippen LogP contribution in [0.25, 0.3) is 5.69 Å². The van der Waals surface area contributed by atoms with Crippen LogP contribution in [0.4, 0.5) is 5.95 Å². The minimum Gasteiger partial charge on any atom is -0.383 e. The molecule has 0 radical (unpaired) electrons. The van der Waals surface area contributed by atoms with Crippen LogP contribution >= 0.6 is 11.6 Å². The number of hydrogen-bond acceptors (Lipinski definition) is 3. The molecule has 0 aliphatic rings. The molecule has 0 amide bonds. The molecule has 1 aromatic heterocycles. The maximum atomic E-state index is 6.31. The van der Waals surface area contributed by atoms with Gasteiger partial charge in [-0.1, -0.05) is 17.7 Å². The number of anilines is 1. The zero-order chi connectivity index (χ0) is 13.8. The predicted molar refractivity (Wildman–Crippen MR) is 78.4 cm³/mol. The number of rotatable bonds is 5. The summed E-state index contributed by atoms with van der Waals surface area (Å²) in [6.45, 7) is 5.32. The Morgan fingerprint density at radius 1 is 1.37 bits per heavy atom. The van der Waals surface area contributed by atoms with Gasteiger partial charge in [0.1, 0.15) is 0 Å². The van der Waals surface area contributed by atoms with Crippen molar-refractivity contribution in [1.82, 2.24) is 9.55 Å². The third-order valence-electron chi connectivity index (χ3n) is 2.78. The maximum absolute atomic E-state index is 6.31. The second-order valence-corrected chi connectivity index (χ2v) is 4.86. The summed E-state index contributed by atoms with van der Waals surface area (Å²) in [5.41, 5.74) is 3.00. The SMILES string of the molecule is COCCNc1nc(C)cn1-c1ccc(C)cc1Cl. The molecule has 1 N–H and O–H groups in total. The summed E-state index contributed by atoms with van der Waals surface area (Å²) in [5.74, 6) is 0.778. The number of ether oxygens (including phenoxy) is 1. The molecule has 0 atom stereocenters. The number of nitrogens with zero attached hydrogens (tertiary/aromatic N) is 2. The number of imidazole rings is 1. The van der Waals surface area contributed by atoms with Crippen LogP contribution in [0.5, 0.6) is 0 Å². The number of aromatic nitrogens is 2. The highest BCUT2D eigenvalue weighted by Crippen LogP contribution is 2.25. The van der Waals surface area contributed by atoms with E-state index in [4.69, 9.17) is 16.3 Å². The van der Waals surface area contributed by atoms with Gasteiger partial charge in [-0.05, 0) is 31.5 Å². The molecule has 0 unspecified atom stereocenters. The Kier molecular flexibility index (Phi) is 4.45. The lowest BCUT2D eigenvalue weighted by atomic mass is 10.2. The Labute approximate surface area is 118 Å². The Bertz CT molecular complexity index is 566. The summed E-state index contributed by atoms with van der Waals surface area (Å²) in [4.78, 5) is 4.46. The second kappa shape index (κ2) is 6.08. The van der Waals surface area contributed by atoms with Crippen molar-refractivity contribution < 1.29 is 4.74 Å². The molecular weight excluding hydrogens is 262 g/mol. The van der Waals surface area contributed by atoms with Crippen LogP contribution in [0.3, 0.4) is 0 Å². The molecule has 0 bridgehead atoms. The summed E-state index contributed by atoms with van der Waals surface area (Å²) in [5, 5.41) is 3.96. The van der Waals surface area contributed by atoms with E-state index < -0.39 is 0 Å². The predicted octanol–water partition coefficient (Wildman–Crippen LogP) is 3.20. The number of hydrogen-bond donors (Lipinski definition) is 1. The minimum absolute atomic E-state index is 0.632. The molecule has 0 fully saturated rings. The van der Waals surface area contributed by atoms with Crippen LogP contribution in [0.2, 0.25) is 5.02 Å². The zero-order valence-electron chi connectivity index (χ0n) is 11.4. The Morgan fingerprint density at radius 2 is 2.16 bits per heavy atom. The molecule has 5 heteroatoms. The van der Waals surface area contributed by atoms with Crippen LogP contribution in [0, 0.1) is 13.8 Å². The highest BCUT2D eigenvalue weighted by atomic mass is 35.5. The van der Waals surface area contributed by atoms with Crippen molar-refractivity contribution in [3.63, 3.8) is 0 Å². The largest absolute Gasteiger partial charge is 0.383 e. The van der Waals surface area contributed by atoms with E-state index in [-0.39, 0.29) is 0 Å². The van der Waals surface area contributed by atoms with Crippen molar-refractivity contribution in [2.75, 3.05) is 25.6 Å². The van der Waals surface area contributed by atoms with Gasteiger partial charge in [-0.15, -0.1) is 0 Å². The summed E-state index contributed by atoms with van der Waals surface area (Å²) in [6, 6.07) is 5.99. The molecule has 0 saturated carbocycles. The molecule has 0 saturated heterocycles. The molecule has 0 aliphatic heterocycles.